The average molecular weight is 323 g/mol. The number of amides is 1. The van der Waals surface area contributed by atoms with Crippen LogP contribution < -0.4 is 0 Å². The van der Waals surface area contributed by atoms with Gasteiger partial charge < -0.3 is 14.7 Å². The number of ether oxygens (including phenoxy) is 1. The fourth-order valence-corrected chi connectivity index (χ4v) is 3.04. The second kappa shape index (κ2) is 8.06. The summed E-state index contributed by atoms with van der Waals surface area (Å²) < 4.78 is 18.5. The van der Waals surface area contributed by atoms with Crippen molar-refractivity contribution < 1.29 is 23.8 Å². The second-order valence-corrected chi connectivity index (χ2v) is 5.89. The third kappa shape index (κ3) is 5.03. The molecule has 1 saturated heterocycles. The number of halogens is 1. The molecule has 1 fully saturated rings. The van der Waals surface area contributed by atoms with E-state index in [4.69, 9.17) is 9.84 Å². The van der Waals surface area contributed by atoms with Crippen molar-refractivity contribution in [2.24, 2.45) is 5.92 Å². The van der Waals surface area contributed by atoms with E-state index in [0.717, 1.165) is 12.0 Å². The zero-order valence-corrected chi connectivity index (χ0v) is 13.2. The molecule has 0 aliphatic carbocycles. The number of hydrogen-bond donors (Lipinski definition) is 1. The number of benzene rings is 1. The summed E-state index contributed by atoms with van der Waals surface area (Å²) in [4.78, 5) is 24.4. The van der Waals surface area contributed by atoms with Gasteiger partial charge in [0.25, 0.3) is 0 Å². The van der Waals surface area contributed by atoms with Crippen LogP contribution in [-0.4, -0.2) is 48.2 Å². The normalized spacial score (nSPS) is 21.2. The SMILES string of the molecule is CO[C@@H]1CCN(C(=O)CCC(=O)O)C[C@H]1Cc1ccc(F)cc1. The van der Waals surface area contributed by atoms with Crippen molar-refractivity contribution in [1.29, 1.82) is 0 Å². The molecule has 0 spiro atoms. The minimum atomic E-state index is -0.965. The first kappa shape index (κ1) is 17.4. The molecule has 0 unspecified atom stereocenters. The van der Waals surface area contributed by atoms with Crippen LogP contribution in [0.15, 0.2) is 24.3 Å². The van der Waals surface area contributed by atoms with E-state index >= 15 is 0 Å². The molecule has 1 aromatic carbocycles. The highest BCUT2D eigenvalue weighted by Gasteiger charge is 2.31. The monoisotopic (exact) mass is 323 g/mol. The minimum Gasteiger partial charge on any atom is -0.481 e. The van der Waals surface area contributed by atoms with E-state index in [1.54, 1.807) is 24.1 Å². The highest BCUT2D eigenvalue weighted by molar-refractivity contribution is 5.80. The number of carboxylic acids is 1. The molecular formula is C17H22FNO4. The Labute approximate surface area is 135 Å². The molecule has 1 aliphatic heterocycles. The summed E-state index contributed by atoms with van der Waals surface area (Å²) in [6.45, 7) is 1.12. The van der Waals surface area contributed by atoms with E-state index in [1.807, 2.05) is 0 Å². The van der Waals surface area contributed by atoms with Gasteiger partial charge in [0.2, 0.25) is 5.91 Å². The van der Waals surface area contributed by atoms with E-state index in [0.29, 0.717) is 19.5 Å². The van der Waals surface area contributed by atoms with E-state index in [9.17, 15) is 14.0 Å². The molecule has 0 bridgehead atoms. The van der Waals surface area contributed by atoms with Crippen LogP contribution in [0.1, 0.15) is 24.8 Å². The largest absolute Gasteiger partial charge is 0.481 e. The first-order valence-corrected chi connectivity index (χ1v) is 7.76. The van der Waals surface area contributed by atoms with Gasteiger partial charge in [0.05, 0.1) is 12.5 Å². The Hall–Kier alpha value is -1.95. The second-order valence-electron chi connectivity index (χ2n) is 5.89. The van der Waals surface area contributed by atoms with Gasteiger partial charge in [-0.2, -0.15) is 0 Å². The highest BCUT2D eigenvalue weighted by Crippen LogP contribution is 2.24. The molecule has 0 aromatic heterocycles. The van der Waals surface area contributed by atoms with Gasteiger partial charge in [-0.25, -0.2) is 4.39 Å². The van der Waals surface area contributed by atoms with Crippen LogP contribution in [-0.2, 0) is 20.7 Å². The fraction of sp³-hybridized carbons (Fsp3) is 0.529. The van der Waals surface area contributed by atoms with E-state index in [1.165, 1.54) is 12.1 Å². The number of nitrogens with zero attached hydrogens (tertiary/aromatic N) is 1. The maximum atomic E-state index is 13.0. The maximum absolute atomic E-state index is 13.0. The fourth-order valence-electron chi connectivity index (χ4n) is 3.04. The van der Waals surface area contributed by atoms with E-state index < -0.39 is 5.97 Å². The van der Waals surface area contributed by atoms with Crippen LogP contribution in [0, 0.1) is 11.7 Å². The Morgan fingerprint density at radius 1 is 1.30 bits per heavy atom. The number of hydrogen-bond acceptors (Lipinski definition) is 3. The molecule has 2 rings (SSSR count). The van der Waals surface area contributed by atoms with Gasteiger partial charge in [-0.15, -0.1) is 0 Å². The first-order chi connectivity index (χ1) is 11.0. The number of rotatable bonds is 6. The molecule has 0 saturated carbocycles. The number of piperidine rings is 1. The molecule has 1 N–H and O–H groups in total. The van der Waals surface area contributed by atoms with Crippen LogP contribution in [0.4, 0.5) is 4.39 Å². The molecule has 1 aliphatic rings. The Balaban J connectivity index is 1.98. The van der Waals surface area contributed by atoms with Crippen molar-refractivity contribution >= 4 is 11.9 Å². The zero-order valence-electron chi connectivity index (χ0n) is 13.2. The number of likely N-dealkylation sites (tertiary alicyclic amines) is 1. The van der Waals surface area contributed by atoms with Crippen LogP contribution in [0.5, 0.6) is 0 Å². The molecule has 23 heavy (non-hydrogen) atoms. The lowest BCUT2D eigenvalue weighted by Gasteiger charge is -2.38. The summed E-state index contributed by atoms with van der Waals surface area (Å²) in [6, 6.07) is 6.34. The Kier molecular flexibility index (Phi) is 6.10. The molecule has 0 radical (unpaired) electrons. The summed E-state index contributed by atoms with van der Waals surface area (Å²) in [6.07, 6.45) is 1.34. The lowest BCUT2D eigenvalue weighted by Crippen LogP contribution is -2.47. The molecule has 6 heteroatoms. The smallest absolute Gasteiger partial charge is 0.303 e. The van der Waals surface area contributed by atoms with Crippen molar-refractivity contribution in [2.45, 2.75) is 31.8 Å². The number of carboxylic acid groups (broad SMARTS) is 1. The number of carbonyl (C=O) groups excluding carboxylic acids is 1. The molecular weight excluding hydrogens is 301 g/mol. The predicted molar refractivity (Wildman–Crippen MR) is 82.5 cm³/mol. The Morgan fingerprint density at radius 3 is 2.61 bits per heavy atom. The van der Waals surface area contributed by atoms with Crippen LogP contribution in [0.2, 0.25) is 0 Å². The van der Waals surface area contributed by atoms with Crippen LogP contribution >= 0.6 is 0 Å². The third-order valence-electron chi connectivity index (χ3n) is 4.28. The topological polar surface area (TPSA) is 66.8 Å². The van der Waals surface area contributed by atoms with Crippen LogP contribution in [0.25, 0.3) is 0 Å². The maximum Gasteiger partial charge on any atom is 0.303 e. The first-order valence-electron chi connectivity index (χ1n) is 7.76. The van der Waals surface area contributed by atoms with E-state index in [-0.39, 0.29) is 36.6 Å². The lowest BCUT2D eigenvalue weighted by atomic mass is 9.88. The van der Waals surface area contributed by atoms with E-state index in [2.05, 4.69) is 0 Å². The predicted octanol–water partition coefficient (Wildman–Crippen LogP) is 2.10. The Bertz CT molecular complexity index is 546. The highest BCUT2D eigenvalue weighted by atomic mass is 19.1. The summed E-state index contributed by atoms with van der Waals surface area (Å²) >= 11 is 0. The standard InChI is InChI=1S/C17H22FNO4/c1-23-15-8-9-19(16(20)6-7-17(21)22)11-13(15)10-12-2-4-14(18)5-3-12/h2-5,13,15H,6-11H2,1H3,(H,21,22)/t13-,15-/m1/s1. The van der Waals surface area contributed by atoms with Gasteiger partial charge in [0, 0.05) is 32.5 Å². The quantitative estimate of drug-likeness (QED) is 0.870. The zero-order chi connectivity index (χ0) is 16.8. The molecule has 1 heterocycles. The molecule has 1 aromatic rings. The van der Waals surface area contributed by atoms with Gasteiger partial charge in [-0.3, -0.25) is 9.59 Å². The molecule has 126 valence electrons. The molecule has 2 atom stereocenters. The number of carbonyl (C=O) groups is 2. The average Bonchev–Trinajstić information content (AvgIpc) is 2.54. The van der Waals surface area contributed by atoms with Crippen molar-refractivity contribution in [3.63, 3.8) is 0 Å². The summed E-state index contributed by atoms with van der Waals surface area (Å²) in [7, 11) is 1.66. The molecule has 5 nitrogen and oxygen atoms in total. The summed E-state index contributed by atoms with van der Waals surface area (Å²) in [5, 5.41) is 8.69. The van der Waals surface area contributed by atoms with Gasteiger partial charge in [0.15, 0.2) is 0 Å². The van der Waals surface area contributed by atoms with Gasteiger partial charge in [-0.05, 0) is 30.5 Å². The third-order valence-corrected chi connectivity index (χ3v) is 4.28. The van der Waals surface area contributed by atoms with Crippen molar-refractivity contribution in [2.75, 3.05) is 20.2 Å². The van der Waals surface area contributed by atoms with Gasteiger partial charge >= 0.3 is 5.97 Å². The lowest BCUT2D eigenvalue weighted by molar-refractivity contribution is -0.142. The van der Waals surface area contributed by atoms with Gasteiger partial charge in [0.1, 0.15) is 5.82 Å². The van der Waals surface area contributed by atoms with Crippen molar-refractivity contribution in [1.82, 2.24) is 4.90 Å². The Morgan fingerprint density at radius 2 is 2.00 bits per heavy atom. The summed E-state index contributed by atoms with van der Waals surface area (Å²) in [5.41, 5.74) is 0.998. The number of methoxy groups -OCH3 is 1. The van der Waals surface area contributed by atoms with Crippen molar-refractivity contribution in [3.05, 3.63) is 35.6 Å². The number of aliphatic carboxylic acids is 1. The van der Waals surface area contributed by atoms with Gasteiger partial charge in [-0.1, -0.05) is 12.1 Å². The minimum absolute atomic E-state index is 0.0241. The van der Waals surface area contributed by atoms with Crippen LogP contribution in [0.3, 0.4) is 0 Å². The van der Waals surface area contributed by atoms with Crippen molar-refractivity contribution in [3.8, 4) is 0 Å². The molecule has 1 amide bonds. The summed E-state index contributed by atoms with van der Waals surface area (Å²) in [5.74, 6) is -1.25.